The highest BCUT2D eigenvalue weighted by Gasteiger charge is 2.32. The van der Waals surface area contributed by atoms with Crippen molar-refractivity contribution in [2.45, 2.75) is 18.4 Å². The van der Waals surface area contributed by atoms with Gasteiger partial charge in [0.2, 0.25) is 0 Å². The van der Waals surface area contributed by atoms with Crippen molar-refractivity contribution < 1.29 is 5.11 Å². The quantitative estimate of drug-likeness (QED) is 0.623. The van der Waals surface area contributed by atoms with Gasteiger partial charge in [-0.15, -0.1) is 0 Å². The second-order valence-corrected chi connectivity index (χ2v) is 3.29. The zero-order chi connectivity index (χ0) is 8.60. The molecule has 2 rings (SSSR count). The van der Waals surface area contributed by atoms with Gasteiger partial charge in [0.05, 0.1) is 0 Å². The second-order valence-electron chi connectivity index (χ2n) is 3.29. The molecule has 1 heteroatoms. The SMILES string of the molecule is C=CC1(O)CCc2ccccc21. The van der Waals surface area contributed by atoms with Gasteiger partial charge in [-0.3, -0.25) is 0 Å². The summed E-state index contributed by atoms with van der Waals surface area (Å²) in [5, 5.41) is 10.0. The first-order chi connectivity index (χ1) is 5.76. The van der Waals surface area contributed by atoms with Crippen molar-refractivity contribution in [1.29, 1.82) is 0 Å². The fraction of sp³-hybridized carbons (Fsp3) is 0.273. The molecule has 0 saturated carbocycles. The van der Waals surface area contributed by atoms with Gasteiger partial charge in [0, 0.05) is 0 Å². The summed E-state index contributed by atoms with van der Waals surface area (Å²) in [7, 11) is 0. The van der Waals surface area contributed by atoms with Crippen LogP contribution in [0.1, 0.15) is 17.5 Å². The highest BCUT2D eigenvalue weighted by Crippen LogP contribution is 2.37. The maximum Gasteiger partial charge on any atom is 0.108 e. The summed E-state index contributed by atoms with van der Waals surface area (Å²) in [6.45, 7) is 3.66. The third-order valence-corrected chi connectivity index (χ3v) is 2.60. The van der Waals surface area contributed by atoms with Crippen LogP contribution in [0, 0.1) is 0 Å². The van der Waals surface area contributed by atoms with E-state index in [9.17, 15) is 5.11 Å². The van der Waals surface area contributed by atoms with E-state index < -0.39 is 5.60 Å². The van der Waals surface area contributed by atoms with E-state index in [0.717, 1.165) is 18.4 Å². The molecule has 1 aliphatic rings. The molecule has 12 heavy (non-hydrogen) atoms. The van der Waals surface area contributed by atoms with Gasteiger partial charge in [0.25, 0.3) is 0 Å². The molecule has 1 aromatic carbocycles. The van der Waals surface area contributed by atoms with Crippen LogP contribution in [-0.4, -0.2) is 5.11 Å². The number of aliphatic hydroxyl groups is 1. The number of aryl methyl sites for hydroxylation is 1. The molecule has 0 aromatic heterocycles. The normalized spacial score (nSPS) is 26.8. The molecule has 1 N–H and O–H groups in total. The fourth-order valence-electron chi connectivity index (χ4n) is 1.83. The van der Waals surface area contributed by atoms with Crippen molar-refractivity contribution in [3.8, 4) is 0 Å². The van der Waals surface area contributed by atoms with Crippen LogP contribution >= 0.6 is 0 Å². The maximum atomic E-state index is 10.0. The molecule has 62 valence electrons. The summed E-state index contributed by atoms with van der Waals surface area (Å²) >= 11 is 0. The molecule has 0 saturated heterocycles. The third-order valence-electron chi connectivity index (χ3n) is 2.60. The van der Waals surface area contributed by atoms with E-state index >= 15 is 0 Å². The highest BCUT2D eigenvalue weighted by atomic mass is 16.3. The lowest BCUT2D eigenvalue weighted by Crippen LogP contribution is -2.17. The smallest absolute Gasteiger partial charge is 0.108 e. The van der Waals surface area contributed by atoms with Crippen molar-refractivity contribution in [3.63, 3.8) is 0 Å². The van der Waals surface area contributed by atoms with Gasteiger partial charge in [-0.2, -0.15) is 0 Å². The molecule has 1 aromatic rings. The Hall–Kier alpha value is -1.08. The van der Waals surface area contributed by atoms with Crippen molar-refractivity contribution in [2.24, 2.45) is 0 Å². The molecule has 0 aliphatic heterocycles. The molecule has 0 bridgehead atoms. The standard InChI is InChI=1S/C11H12O/c1-2-11(12)8-7-9-5-3-4-6-10(9)11/h2-6,12H,1,7-8H2. The van der Waals surface area contributed by atoms with Crippen LogP contribution < -0.4 is 0 Å². The number of fused-ring (bicyclic) bond motifs is 1. The van der Waals surface area contributed by atoms with E-state index in [0.29, 0.717) is 0 Å². The molecule has 1 nitrogen and oxygen atoms in total. The van der Waals surface area contributed by atoms with Gasteiger partial charge in [0.1, 0.15) is 5.60 Å². The van der Waals surface area contributed by atoms with E-state index in [1.54, 1.807) is 6.08 Å². The minimum Gasteiger partial charge on any atom is -0.381 e. The first-order valence-corrected chi connectivity index (χ1v) is 4.20. The van der Waals surface area contributed by atoms with Gasteiger partial charge in [-0.25, -0.2) is 0 Å². The van der Waals surface area contributed by atoms with Crippen molar-refractivity contribution >= 4 is 0 Å². The van der Waals surface area contributed by atoms with Crippen molar-refractivity contribution in [2.75, 3.05) is 0 Å². The number of hydrogen-bond acceptors (Lipinski definition) is 1. The lowest BCUT2D eigenvalue weighted by Gasteiger charge is -2.18. The predicted octanol–water partition coefficient (Wildman–Crippen LogP) is 2.01. The summed E-state index contributed by atoms with van der Waals surface area (Å²) in [5.74, 6) is 0. The highest BCUT2D eigenvalue weighted by molar-refractivity contribution is 5.39. The third kappa shape index (κ3) is 0.901. The largest absolute Gasteiger partial charge is 0.381 e. The van der Waals surface area contributed by atoms with Crippen molar-refractivity contribution in [3.05, 3.63) is 48.0 Å². The topological polar surface area (TPSA) is 20.2 Å². The first kappa shape index (κ1) is 7.56. The average Bonchev–Trinajstić information content (AvgIpc) is 2.46. The van der Waals surface area contributed by atoms with Gasteiger partial charge in [-0.1, -0.05) is 36.9 Å². The minimum atomic E-state index is -0.767. The first-order valence-electron chi connectivity index (χ1n) is 4.20. The molecule has 1 aliphatic carbocycles. The lowest BCUT2D eigenvalue weighted by molar-refractivity contribution is 0.0920. The molecule has 1 atom stereocenters. The molecular weight excluding hydrogens is 148 g/mol. The van der Waals surface area contributed by atoms with Crippen molar-refractivity contribution in [1.82, 2.24) is 0 Å². The van der Waals surface area contributed by atoms with E-state index in [1.807, 2.05) is 18.2 Å². The van der Waals surface area contributed by atoms with Crippen LogP contribution in [0.25, 0.3) is 0 Å². The molecule has 0 fully saturated rings. The Morgan fingerprint density at radius 1 is 1.42 bits per heavy atom. The number of hydrogen-bond donors (Lipinski definition) is 1. The molecule has 0 radical (unpaired) electrons. The van der Waals surface area contributed by atoms with E-state index in [-0.39, 0.29) is 0 Å². The maximum absolute atomic E-state index is 10.0. The molecule has 0 spiro atoms. The van der Waals surface area contributed by atoms with E-state index in [4.69, 9.17) is 0 Å². The van der Waals surface area contributed by atoms with Crippen LogP contribution in [0.15, 0.2) is 36.9 Å². The van der Waals surface area contributed by atoms with Crippen LogP contribution in [0.3, 0.4) is 0 Å². The van der Waals surface area contributed by atoms with Gasteiger partial charge in [-0.05, 0) is 24.0 Å². The monoisotopic (exact) mass is 160 g/mol. The summed E-state index contributed by atoms with van der Waals surface area (Å²) < 4.78 is 0. The molecular formula is C11H12O. The Morgan fingerprint density at radius 2 is 2.17 bits per heavy atom. The predicted molar refractivity (Wildman–Crippen MR) is 48.9 cm³/mol. The Kier molecular flexibility index (Phi) is 1.55. The van der Waals surface area contributed by atoms with Gasteiger partial charge < -0.3 is 5.11 Å². The van der Waals surface area contributed by atoms with Crippen LogP contribution in [0.5, 0.6) is 0 Å². The molecule has 0 heterocycles. The fourth-order valence-corrected chi connectivity index (χ4v) is 1.83. The average molecular weight is 160 g/mol. The summed E-state index contributed by atoms with van der Waals surface area (Å²) in [4.78, 5) is 0. The Labute approximate surface area is 72.4 Å². The second kappa shape index (κ2) is 2.46. The Morgan fingerprint density at radius 3 is 2.92 bits per heavy atom. The van der Waals surface area contributed by atoms with Gasteiger partial charge >= 0.3 is 0 Å². The minimum absolute atomic E-state index is 0.767. The number of rotatable bonds is 1. The summed E-state index contributed by atoms with van der Waals surface area (Å²) in [6.07, 6.45) is 3.37. The van der Waals surface area contributed by atoms with Crippen LogP contribution in [0.2, 0.25) is 0 Å². The van der Waals surface area contributed by atoms with Crippen LogP contribution in [-0.2, 0) is 12.0 Å². The summed E-state index contributed by atoms with van der Waals surface area (Å²) in [6, 6.07) is 8.01. The van der Waals surface area contributed by atoms with E-state index in [1.165, 1.54) is 5.56 Å². The number of benzene rings is 1. The van der Waals surface area contributed by atoms with Gasteiger partial charge in [0.15, 0.2) is 0 Å². The Bertz CT molecular complexity index is 317. The zero-order valence-electron chi connectivity index (χ0n) is 6.96. The van der Waals surface area contributed by atoms with Crippen LogP contribution in [0.4, 0.5) is 0 Å². The molecule has 1 unspecified atom stereocenters. The zero-order valence-corrected chi connectivity index (χ0v) is 6.96. The summed E-state index contributed by atoms with van der Waals surface area (Å²) in [5.41, 5.74) is 1.51. The Balaban J connectivity index is 2.56. The lowest BCUT2D eigenvalue weighted by atomic mass is 9.96. The molecule has 0 amide bonds. The van der Waals surface area contributed by atoms with E-state index in [2.05, 4.69) is 12.6 Å².